The van der Waals surface area contributed by atoms with Crippen molar-refractivity contribution in [1.29, 1.82) is 0 Å². The predicted octanol–water partition coefficient (Wildman–Crippen LogP) is 1.21. The summed E-state index contributed by atoms with van der Waals surface area (Å²) < 4.78 is 0. The van der Waals surface area contributed by atoms with Crippen LogP contribution in [0.2, 0.25) is 0 Å². The molecule has 20 heavy (non-hydrogen) atoms. The first-order valence-corrected chi connectivity index (χ1v) is 7.14. The molecule has 0 aromatic carbocycles. The average Bonchev–Trinajstić information content (AvgIpc) is 2.85. The van der Waals surface area contributed by atoms with E-state index in [4.69, 9.17) is 5.11 Å². The summed E-state index contributed by atoms with van der Waals surface area (Å²) in [5.74, 6) is 0.709. The third-order valence-electron chi connectivity index (χ3n) is 4.27. The van der Waals surface area contributed by atoms with Gasteiger partial charge in [-0.1, -0.05) is 0 Å². The van der Waals surface area contributed by atoms with Crippen molar-refractivity contribution in [3.63, 3.8) is 0 Å². The maximum Gasteiger partial charge on any atom is 0.310 e. The van der Waals surface area contributed by atoms with Gasteiger partial charge >= 0.3 is 5.97 Å². The number of aliphatic carboxylic acids is 1. The zero-order valence-corrected chi connectivity index (χ0v) is 12.0. The number of aromatic nitrogens is 2. The SMILES string of the molecule is Cc1nc(N2CCCC2)nc(N2CC(C(=O)O)C2)c1C. The van der Waals surface area contributed by atoms with Crippen LogP contribution >= 0.6 is 0 Å². The fourth-order valence-corrected chi connectivity index (χ4v) is 2.77. The number of rotatable bonds is 3. The monoisotopic (exact) mass is 276 g/mol. The Morgan fingerprint density at radius 1 is 1.15 bits per heavy atom. The molecule has 0 aliphatic carbocycles. The van der Waals surface area contributed by atoms with Crippen molar-refractivity contribution in [2.24, 2.45) is 5.92 Å². The zero-order valence-electron chi connectivity index (χ0n) is 12.0. The summed E-state index contributed by atoms with van der Waals surface area (Å²) in [7, 11) is 0. The number of aryl methyl sites for hydroxylation is 1. The van der Waals surface area contributed by atoms with Crippen molar-refractivity contribution in [1.82, 2.24) is 9.97 Å². The Labute approximate surface area is 118 Å². The highest BCUT2D eigenvalue weighted by Crippen LogP contribution is 2.29. The van der Waals surface area contributed by atoms with Gasteiger partial charge in [-0.3, -0.25) is 4.79 Å². The Morgan fingerprint density at radius 3 is 2.40 bits per heavy atom. The normalized spacial score (nSPS) is 19.3. The minimum atomic E-state index is -0.718. The van der Waals surface area contributed by atoms with E-state index in [1.165, 1.54) is 12.8 Å². The van der Waals surface area contributed by atoms with Gasteiger partial charge < -0.3 is 14.9 Å². The average molecular weight is 276 g/mol. The summed E-state index contributed by atoms with van der Waals surface area (Å²) in [5, 5.41) is 8.98. The van der Waals surface area contributed by atoms with E-state index >= 15 is 0 Å². The van der Waals surface area contributed by atoms with Crippen LogP contribution in [0.4, 0.5) is 11.8 Å². The van der Waals surface area contributed by atoms with E-state index in [9.17, 15) is 4.79 Å². The summed E-state index contributed by atoms with van der Waals surface area (Å²) in [4.78, 5) is 24.4. The molecule has 1 N–H and O–H groups in total. The van der Waals surface area contributed by atoms with Crippen LogP contribution in [-0.4, -0.2) is 47.2 Å². The van der Waals surface area contributed by atoms with Crippen LogP contribution in [0.25, 0.3) is 0 Å². The molecule has 108 valence electrons. The molecule has 1 aromatic heterocycles. The summed E-state index contributed by atoms with van der Waals surface area (Å²) >= 11 is 0. The molecule has 0 bridgehead atoms. The van der Waals surface area contributed by atoms with Crippen LogP contribution in [-0.2, 0) is 4.79 Å². The molecule has 2 aliphatic rings. The van der Waals surface area contributed by atoms with E-state index in [-0.39, 0.29) is 5.92 Å². The first-order chi connectivity index (χ1) is 9.56. The molecule has 0 saturated carbocycles. The van der Waals surface area contributed by atoms with Gasteiger partial charge in [0.1, 0.15) is 5.82 Å². The van der Waals surface area contributed by atoms with Crippen molar-refractivity contribution < 1.29 is 9.90 Å². The summed E-state index contributed by atoms with van der Waals surface area (Å²) in [5.41, 5.74) is 2.03. The Hall–Kier alpha value is -1.85. The van der Waals surface area contributed by atoms with Crippen molar-refractivity contribution in [2.75, 3.05) is 36.0 Å². The molecule has 6 heteroatoms. The fourth-order valence-electron chi connectivity index (χ4n) is 2.77. The number of carboxylic acid groups (broad SMARTS) is 1. The predicted molar refractivity (Wildman–Crippen MR) is 76.3 cm³/mol. The van der Waals surface area contributed by atoms with E-state index in [1.54, 1.807) is 0 Å². The van der Waals surface area contributed by atoms with Gasteiger partial charge in [-0.25, -0.2) is 4.98 Å². The zero-order chi connectivity index (χ0) is 14.3. The number of hydrogen-bond acceptors (Lipinski definition) is 5. The fraction of sp³-hybridized carbons (Fsp3) is 0.643. The number of carbonyl (C=O) groups is 1. The van der Waals surface area contributed by atoms with Crippen LogP contribution in [0.1, 0.15) is 24.1 Å². The van der Waals surface area contributed by atoms with Gasteiger partial charge in [0.15, 0.2) is 0 Å². The lowest BCUT2D eigenvalue weighted by atomic mass is 10.00. The van der Waals surface area contributed by atoms with Gasteiger partial charge in [0.25, 0.3) is 0 Å². The molecule has 6 nitrogen and oxygen atoms in total. The quantitative estimate of drug-likeness (QED) is 0.895. The highest BCUT2D eigenvalue weighted by atomic mass is 16.4. The minimum Gasteiger partial charge on any atom is -0.481 e. The van der Waals surface area contributed by atoms with Crippen LogP contribution in [0.3, 0.4) is 0 Å². The molecule has 2 fully saturated rings. The molecule has 3 rings (SSSR count). The van der Waals surface area contributed by atoms with Crippen molar-refractivity contribution >= 4 is 17.7 Å². The van der Waals surface area contributed by atoms with Crippen molar-refractivity contribution in [2.45, 2.75) is 26.7 Å². The maximum absolute atomic E-state index is 10.9. The molecule has 0 atom stereocenters. The molecule has 0 spiro atoms. The van der Waals surface area contributed by atoms with Gasteiger partial charge in [-0.15, -0.1) is 0 Å². The smallest absolute Gasteiger partial charge is 0.310 e. The van der Waals surface area contributed by atoms with Crippen LogP contribution in [0.5, 0.6) is 0 Å². The second-order valence-corrected chi connectivity index (χ2v) is 5.69. The number of nitrogens with zero attached hydrogens (tertiary/aromatic N) is 4. The maximum atomic E-state index is 10.9. The second-order valence-electron chi connectivity index (χ2n) is 5.69. The van der Waals surface area contributed by atoms with E-state index in [2.05, 4.69) is 14.9 Å². The highest BCUT2D eigenvalue weighted by molar-refractivity contribution is 5.74. The largest absolute Gasteiger partial charge is 0.481 e. The van der Waals surface area contributed by atoms with Gasteiger partial charge in [0, 0.05) is 37.4 Å². The Balaban J connectivity index is 1.85. The Kier molecular flexibility index (Phi) is 3.23. The molecule has 2 aliphatic heterocycles. The van der Waals surface area contributed by atoms with E-state index in [1.807, 2.05) is 18.7 Å². The molecular weight excluding hydrogens is 256 g/mol. The van der Waals surface area contributed by atoms with Crippen molar-refractivity contribution in [3.8, 4) is 0 Å². The summed E-state index contributed by atoms with van der Waals surface area (Å²) in [6.45, 7) is 7.12. The molecule has 0 amide bonds. The lowest BCUT2D eigenvalue weighted by Crippen LogP contribution is -2.51. The van der Waals surface area contributed by atoms with Gasteiger partial charge in [0.2, 0.25) is 5.95 Å². The van der Waals surface area contributed by atoms with Crippen LogP contribution in [0, 0.1) is 19.8 Å². The molecule has 0 unspecified atom stereocenters. The Morgan fingerprint density at radius 2 is 1.80 bits per heavy atom. The molecule has 2 saturated heterocycles. The highest BCUT2D eigenvalue weighted by Gasteiger charge is 2.34. The Bertz CT molecular complexity index is 534. The van der Waals surface area contributed by atoms with E-state index in [0.29, 0.717) is 13.1 Å². The van der Waals surface area contributed by atoms with Crippen LogP contribution < -0.4 is 9.80 Å². The number of hydrogen-bond donors (Lipinski definition) is 1. The lowest BCUT2D eigenvalue weighted by molar-refractivity contribution is -0.142. The molecular formula is C14H20N4O2. The van der Waals surface area contributed by atoms with E-state index in [0.717, 1.165) is 36.1 Å². The standard InChI is InChI=1S/C14H20N4O2/c1-9-10(2)15-14(17-5-3-4-6-17)16-12(9)18-7-11(8-18)13(19)20/h11H,3-8H2,1-2H3,(H,19,20). The van der Waals surface area contributed by atoms with Gasteiger partial charge in [0.05, 0.1) is 5.92 Å². The molecule has 0 radical (unpaired) electrons. The van der Waals surface area contributed by atoms with Crippen molar-refractivity contribution in [3.05, 3.63) is 11.3 Å². The van der Waals surface area contributed by atoms with Gasteiger partial charge in [-0.05, 0) is 26.7 Å². The minimum absolute atomic E-state index is 0.264. The third-order valence-corrected chi connectivity index (χ3v) is 4.27. The molecule has 3 heterocycles. The summed E-state index contributed by atoms with van der Waals surface area (Å²) in [6, 6.07) is 0. The van der Waals surface area contributed by atoms with Gasteiger partial charge in [-0.2, -0.15) is 4.98 Å². The summed E-state index contributed by atoms with van der Waals surface area (Å²) in [6.07, 6.45) is 2.38. The first-order valence-electron chi connectivity index (χ1n) is 7.14. The topological polar surface area (TPSA) is 69.6 Å². The number of carboxylic acids is 1. The van der Waals surface area contributed by atoms with E-state index < -0.39 is 5.97 Å². The van der Waals surface area contributed by atoms with Crippen LogP contribution in [0.15, 0.2) is 0 Å². The number of anilines is 2. The molecule has 1 aromatic rings. The third kappa shape index (κ3) is 2.19. The second kappa shape index (κ2) is 4.92. The lowest BCUT2D eigenvalue weighted by Gasteiger charge is -2.38. The first kappa shape index (κ1) is 13.1.